The van der Waals surface area contributed by atoms with Crippen LogP contribution in [-0.4, -0.2) is 38.8 Å². The Morgan fingerprint density at radius 3 is 2.85 bits per heavy atom. The van der Waals surface area contributed by atoms with Crippen LogP contribution in [0.15, 0.2) is 6.33 Å². The number of aryl methyl sites for hydroxylation is 1. The smallest absolute Gasteiger partial charge is 0.141 e. The fraction of sp³-hybridized carbons (Fsp3) is 0.867. The minimum absolute atomic E-state index is 0.616. The van der Waals surface area contributed by atoms with E-state index in [1.807, 2.05) is 4.68 Å². The quantitative estimate of drug-likeness (QED) is 0.829. The lowest BCUT2D eigenvalue weighted by Gasteiger charge is -2.39. The van der Waals surface area contributed by atoms with Gasteiger partial charge >= 0.3 is 0 Å². The molecule has 1 saturated carbocycles. The molecule has 0 aliphatic heterocycles. The second kappa shape index (κ2) is 7.74. The lowest BCUT2D eigenvalue weighted by molar-refractivity contribution is 0.101. The third-order valence-electron chi connectivity index (χ3n) is 4.52. The van der Waals surface area contributed by atoms with Gasteiger partial charge in [0.25, 0.3) is 0 Å². The van der Waals surface area contributed by atoms with Gasteiger partial charge in [-0.25, -0.2) is 9.67 Å². The van der Waals surface area contributed by atoms with Crippen LogP contribution in [0.4, 0.5) is 0 Å². The molecule has 1 aromatic rings. The van der Waals surface area contributed by atoms with Crippen LogP contribution in [0.5, 0.6) is 0 Å². The second-order valence-corrected chi connectivity index (χ2v) is 5.81. The first-order chi connectivity index (χ1) is 9.80. The predicted molar refractivity (Wildman–Crippen MR) is 81.2 cm³/mol. The SMILES string of the molecule is CCCn1ncnc1CN(CC)C1CCCCC1CN. The topological polar surface area (TPSA) is 60.0 Å². The zero-order valence-corrected chi connectivity index (χ0v) is 13.0. The van der Waals surface area contributed by atoms with E-state index >= 15 is 0 Å². The third kappa shape index (κ3) is 3.58. The molecule has 1 fully saturated rings. The third-order valence-corrected chi connectivity index (χ3v) is 4.52. The Hall–Kier alpha value is -0.940. The number of nitrogens with two attached hydrogens (primary N) is 1. The zero-order valence-electron chi connectivity index (χ0n) is 13.0. The Labute approximate surface area is 122 Å². The van der Waals surface area contributed by atoms with Gasteiger partial charge in [-0.2, -0.15) is 5.10 Å². The molecule has 5 heteroatoms. The first kappa shape index (κ1) is 15.4. The first-order valence-corrected chi connectivity index (χ1v) is 8.10. The van der Waals surface area contributed by atoms with Crippen LogP contribution in [0.2, 0.25) is 0 Å². The Bertz CT molecular complexity index is 389. The number of rotatable bonds is 7. The van der Waals surface area contributed by atoms with Crippen molar-refractivity contribution in [1.29, 1.82) is 0 Å². The van der Waals surface area contributed by atoms with Gasteiger partial charge in [-0.3, -0.25) is 4.90 Å². The molecule has 1 aliphatic rings. The molecule has 1 aliphatic carbocycles. The van der Waals surface area contributed by atoms with E-state index in [0.717, 1.165) is 38.4 Å². The van der Waals surface area contributed by atoms with Crippen molar-refractivity contribution in [3.63, 3.8) is 0 Å². The molecule has 0 radical (unpaired) electrons. The van der Waals surface area contributed by atoms with Crippen LogP contribution in [0.1, 0.15) is 51.8 Å². The van der Waals surface area contributed by atoms with Crippen LogP contribution in [0.3, 0.4) is 0 Å². The average molecular weight is 279 g/mol. The number of aromatic nitrogens is 3. The van der Waals surface area contributed by atoms with E-state index in [9.17, 15) is 0 Å². The highest BCUT2D eigenvalue weighted by molar-refractivity contribution is 4.90. The summed E-state index contributed by atoms with van der Waals surface area (Å²) in [7, 11) is 0. The highest BCUT2D eigenvalue weighted by Crippen LogP contribution is 2.28. The van der Waals surface area contributed by atoms with Crippen LogP contribution in [-0.2, 0) is 13.1 Å². The van der Waals surface area contributed by atoms with Crippen molar-refractivity contribution in [2.75, 3.05) is 13.1 Å². The number of hydrogen-bond acceptors (Lipinski definition) is 4. The minimum Gasteiger partial charge on any atom is -0.330 e. The molecule has 114 valence electrons. The minimum atomic E-state index is 0.616. The first-order valence-electron chi connectivity index (χ1n) is 8.10. The number of nitrogens with zero attached hydrogens (tertiary/aromatic N) is 4. The van der Waals surface area contributed by atoms with Gasteiger partial charge in [-0.05, 0) is 38.3 Å². The van der Waals surface area contributed by atoms with Gasteiger partial charge in [0.1, 0.15) is 12.2 Å². The van der Waals surface area contributed by atoms with Crippen molar-refractivity contribution < 1.29 is 0 Å². The average Bonchev–Trinajstić information content (AvgIpc) is 2.92. The van der Waals surface area contributed by atoms with Gasteiger partial charge in [-0.1, -0.05) is 26.7 Å². The Kier molecular flexibility index (Phi) is 5.98. The maximum atomic E-state index is 5.98. The molecule has 1 aromatic heterocycles. The van der Waals surface area contributed by atoms with Crippen LogP contribution < -0.4 is 5.73 Å². The standard InChI is InChI=1S/C15H29N5/c1-3-9-20-15(17-12-18-20)11-19(4-2)14-8-6-5-7-13(14)10-16/h12-14H,3-11,16H2,1-2H3. The molecule has 20 heavy (non-hydrogen) atoms. The molecule has 2 unspecified atom stereocenters. The molecule has 2 N–H and O–H groups in total. The molecular formula is C15H29N5. The van der Waals surface area contributed by atoms with E-state index in [0.29, 0.717) is 12.0 Å². The van der Waals surface area contributed by atoms with Gasteiger partial charge in [0.05, 0.1) is 6.54 Å². The largest absolute Gasteiger partial charge is 0.330 e. The summed E-state index contributed by atoms with van der Waals surface area (Å²) in [6.45, 7) is 8.13. The summed E-state index contributed by atoms with van der Waals surface area (Å²) < 4.78 is 2.04. The zero-order chi connectivity index (χ0) is 14.4. The molecular weight excluding hydrogens is 250 g/mol. The highest BCUT2D eigenvalue weighted by atomic mass is 15.3. The molecule has 0 spiro atoms. The van der Waals surface area contributed by atoms with Crippen molar-refractivity contribution in [1.82, 2.24) is 19.7 Å². The molecule has 1 heterocycles. The predicted octanol–water partition coefficient (Wildman–Crippen LogP) is 2.03. The Balaban J connectivity index is 2.05. The summed E-state index contributed by atoms with van der Waals surface area (Å²) in [5, 5.41) is 4.33. The number of hydrogen-bond donors (Lipinski definition) is 1. The molecule has 5 nitrogen and oxygen atoms in total. The van der Waals surface area contributed by atoms with Gasteiger partial charge < -0.3 is 5.73 Å². The second-order valence-electron chi connectivity index (χ2n) is 5.81. The molecule has 2 atom stereocenters. The Morgan fingerprint density at radius 2 is 2.15 bits per heavy atom. The monoisotopic (exact) mass is 279 g/mol. The molecule has 0 amide bonds. The van der Waals surface area contributed by atoms with E-state index in [-0.39, 0.29) is 0 Å². The lowest BCUT2D eigenvalue weighted by Crippen LogP contribution is -2.45. The van der Waals surface area contributed by atoms with E-state index in [1.165, 1.54) is 25.7 Å². The summed E-state index contributed by atoms with van der Waals surface area (Å²) in [6, 6.07) is 0.616. The maximum absolute atomic E-state index is 5.98. The van der Waals surface area contributed by atoms with E-state index in [1.54, 1.807) is 6.33 Å². The molecule has 2 rings (SSSR count). The van der Waals surface area contributed by atoms with Gasteiger partial charge in [0.15, 0.2) is 0 Å². The van der Waals surface area contributed by atoms with Crippen LogP contribution in [0, 0.1) is 5.92 Å². The maximum Gasteiger partial charge on any atom is 0.141 e. The van der Waals surface area contributed by atoms with Gasteiger partial charge in [0, 0.05) is 12.6 Å². The molecule has 0 bridgehead atoms. The van der Waals surface area contributed by atoms with Crippen LogP contribution >= 0.6 is 0 Å². The van der Waals surface area contributed by atoms with Crippen molar-refractivity contribution in [3.05, 3.63) is 12.2 Å². The van der Waals surface area contributed by atoms with Crippen LogP contribution in [0.25, 0.3) is 0 Å². The van der Waals surface area contributed by atoms with Gasteiger partial charge in [0.2, 0.25) is 0 Å². The summed E-state index contributed by atoms with van der Waals surface area (Å²) in [4.78, 5) is 7.00. The van der Waals surface area contributed by atoms with E-state index in [4.69, 9.17) is 5.73 Å². The molecule has 0 aromatic carbocycles. The summed E-state index contributed by atoms with van der Waals surface area (Å²) in [5.41, 5.74) is 5.98. The van der Waals surface area contributed by atoms with Gasteiger partial charge in [-0.15, -0.1) is 0 Å². The lowest BCUT2D eigenvalue weighted by atomic mass is 9.83. The summed E-state index contributed by atoms with van der Waals surface area (Å²) in [5.74, 6) is 1.74. The fourth-order valence-corrected chi connectivity index (χ4v) is 3.40. The van der Waals surface area contributed by atoms with E-state index in [2.05, 4.69) is 28.8 Å². The normalized spacial score (nSPS) is 23.4. The summed E-state index contributed by atoms with van der Waals surface area (Å²) >= 11 is 0. The summed E-state index contributed by atoms with van der Waals surface area (Å²) in [6.07, 6.45) is 8.00. The van der Waals surface area contributed by atoms with Crippen molar-refractivity contribution in [2.24, 2.45) is 11.7 Å². The highest BCUT2D eigenvalue weighted by Gasteiger charge is 2.29. The van der Waals surface area contributed by atoms with Crippen molar-refractivity contribution in [2.45, 2.75) is 65.1 Å². The van der Waals surface area contributed by atoms with E-state index < -0.39 is 0 Å². The molecule has 0 saturated heterocycles. The fourth-order valence-electron chi connectivity index (χ4n) is 3.40. The Morgan fingerprint density at radius 1 is 1.35 bits per heavy atom. The van der Waals surface area contributed by atoms with Crippen molar-refractivity contribution >= 4 is 0 Å². The van der Waals surface area contributed by atoms with Crippen molar-refractivity contribution in [3.8, 4) is 0 Å².